The third-order valence-corrected chi connectivity index (χ3v) is 7.83. The van der Waals surface area contributed by atoms with E-state index in [0.29, 0.717) is 30.5 Å². The van der Waals surface area contributed by atoms with Crippen LogP contribution >= 0.6 is 23.1 Å². The second-order valence-electron chi connectivity index (χ2n) is 9.64. The molecule has 0 radical (unpaired) electrons. The Labute approximate surface area is 226 Å². The second kappa shape index (κ2) is 12.1. The molecule has 1 saturated heterocycles. The summed E-state index contributed by atoms with van der Waals surface area (Å²) in [7, 11) is 0. The molecule has 2 N–H and O–H groups in total. The molecule has 1 aliphatic rings. The normalized spacial score (nSPS) is 14.0. The van der Waals surface area contributed by atoms with Crippen molar-refractivity contribution in [3.05, 3.63) is 52.7 Å². The van der Waals surface area contributed by atoms with Crippen LogP contribution in [-0.2, 0) is 28.2 Å². The molecule has 2 aromatic heterocycles. The summed E-state index contributed by atoms with van der Waals surface area (Å²) in [5, 5.41) is 9.51. The van der Waals surface area contributed by atoms with Crippen molar-refractivity contribution in [2.24, 2.45) is 0 Å². The Morgan fingerprint density at radius 1 is 1.22 bits per heavy atom. The molecule has 3 aromatic rings. The van der Waals surface area contributed by atoms with Crippen LogP contribution in [0.3, 0.4) is 0 Å². The lowest BCUT2D eigenvalue weighted by molar-refractivity contribution is 0.0576. The number of hydrogen-bond donors (Lipinski definition) is 1. The number of nitrogens with zero attached hydrogens (tertiary/aromatic N) is 5. The van der Waals surface area contributed by atoms with Crippen molar-refractivity contribution in [2.45, 2.75) is 56.4 Å². The van der Waals surface area contributed by atoms with Gasteiger partial charge >= 0.3 is 6.09 Å². The summed E-state index contributed by atoms with van der Waals surface area (Å²) in [6.45, 7) is 10.7. The number of hydrogen-bond acceptors (Lipinski definition) is 10. The molecule has 0 aliphatic carbocycles. The van der Waals surface area contributed by atoms with Gasteiger partial charge in [0.05, 0.1) is 25.5 Å². The van der Waals surface area contributed by atoms with Crippen LogP contribution in [0.4, 0.5) is 22.0 Å². The van der Waals surface area contributed by atoms with E-state index in [1.807, 2.05) is 51.1 Å². The molecular formula is C26H34N6O3S2. The first kappa shape index (κ1) is 27.2. The summed E-state index contributed by atoms with van der Waals surface area (Å²) in [5.74, 6) is 1.11. The number of anilines is 3. The van der Waals surface area contributed by atoms with Crippen molar-refractivity contribution in [1.29, 1.82) is 0 Å². The molecule has 1 aliphatic heterocycles. The van der Waals surface area contributed by atoms with Gasteiger partial charge in [0.2, 0.25) is 0 Å². The van der Waals surface area contributed by atoms with Crippen molar-refractivity contribution in [2.75, 3.05) is 41.8 Å². The summed E-state index contributed by atoms with van der Waals surface area (Å²) in [6.07, 6.45) is 0.387. The molecular weight excluding hydrogens is 508 g/mol. The zero-order chi connectivity index (χ0) is 26.4. The predicted octanol–water partition coefficient (Wildman–Crippen LogP) is 5.15. The largest absolute Gasteiger partial charge is 0.443 e. The summed E-state index contributed by atoms with van der Waals surface area (Å²) in [5.41, 5.74) is 8.84. The quantitative estimate of drug-likeness (QED) is 0.305. The minimum absolute atomic E-state index is 0.240. The standard InChI is InChI=1S/C26H34N6O3S2/c1-5-23-29-30-24(37-23)36-17-19-14-20(31-10-12-34-13-11-31)15-22(28-19)32(25(33)35-26(2,3)4)16-18-8-6-7-9-21(18)27/h6-9,14-15H,5,10-13,16-17,27H2,1-4H3. The fourth-order valence-electron chi connectivity index (χ4n) is 3.75. The number of nitrogen functional groups attached to an aromatic ring is 1. The van der Waals surface area contributed by atoms with Gasteiger partial charge in [0.15, 0.2) is 4.34 Å². The van der Waals surface area contributed by atoms with Crippen LogP contribution < -0.4 is 15.5 Å². The molecule has 3 heterocycles. The van der Waals surface area contributed by atoms with Crippen LogP contribution in [0.5, 0.6) is 0 Å². The molecule has 198 valence electrons. The van der Waals surface area contributed by atoms with E-state index in [2.05, 4.69) is 28.1 Å². The van der Waals surface area contributed by atoms with Crippen LogP contribution in [0.1, 0.15) is 44.0 Å². The van der Waals surface area contributed by atoms with E-state index < -0.39 is 11.7 Å². The molecule has 0 atom stereocenters. The van der Waals surface area contributed by atoms with Gasteiger partial charge in [-0.1, -0.05) is 48.2 Å². The van der Waals surface area contributed by atoms with Gasteiger partial charge in [-0.3, -0.25) is 4.90 Å². The molecule has 0 unspecified atom stereocenters. The average molecular weight is 543 g/mol. The lowest BCUT2D eigenvalue weighted by Gasteiger charge is -2.31. The lowest BCUT2D eigenvalue weighted by atomic mass is 10.1. The van der Waals surface area contributed by atoms with E-state index in [1.165, 1.54) is 0 Å². The molecule has 1 fully saturated rings. The van der Waals surface area contributed by atoms with Crippen LogP contribution in [0.25, 0.3) is 0 Å². The van der Waals surface area contributed by atoms with E-state index in [4.69, 9.17) is 20.2 Å². The Kier molecular flexibility index (Phi) is 8.88. The van der Waals surface area contributed by atoms with Gasteiger partial charge < -0.3 is 20.1 Å². The highest BCUT2D eigenvalue weighted by Gasteiger charge is 2.27. The number of pyridine rings is 1. The number of aryl methyl sites for hydroxylation is 1. The lowest BCUT2D eigenvalue weighted by Crippen LogP contribution is -2.38. The molecule has 9 nitrogen and oxygen atoms in total. The number of morpholine rings is 1. The first-order valence-corrected chi connectivity index (χ1v) is 14.1. The van der Waals surface area contributed by atoms with Crippen LogP contribution in [0, 0.1) is 0 Å². The van der Waals surface area contributed by atoms with Crippen molar-refractivity contribution >= 4 is 46.4 Å². The number of carbonyl (C=O) groups is 1. The third kappa shape index (κ3) is 7.56. The summed E-state index contributed by atoms with van der Waals surface area (Å²) in [4.78, 5) is 22.2. The second-order valence-corrected chi connectivity index (χ2v) is 11.9. The zero-order valence-electron chi connectivity index (χ0n) is 21.8. The first-order chi connectivity index (χ1) is 17.7. The molecule has 11 heteroatoms. The minimum Gasteiger partial charge on any atom is -0.443 e. The highest BCUT2D eigenvalue weighted by Crippen LogP contribution is 2.31. The number of rotatable bonds is 8. The number of thioether (sulfide) groups is 1. The van der Waals surface area contributed by atoms with E-state index in [-0.39, 0.29) is 6.54 Å². The number of nitrogens with two attached hydrogens (primary N) is 1. The number of benzene rings is 1. The Morgan fingerprint density at radius 2 is 1.97 bits per heavy atom. The fourth-order valence-corrected chi connectivity index (χ4v) is 5.48. The SMILES string of the molecule is CCc1nnc(SCc2cc(N3CCOCC3)cc(N(Cc3ccccc3N)C(=O)OC(C)(C)C)n2)s1. The van der Waals surface area contributed by atoms with E-state index in [1.54, 1.807) is 28.0 Å². The fraction of sp³-hybridized carbons (Fsp3) is 0.462. The Bertz CT molecular complexity index is 1210. The van der Waals surface area contributed by atoms with E-state index >= 15 is 0 Å². The van der Waals surface area contributed by atoms with Gasteiger partial charge in [-0.15, -0.1) is 10.2 Å². The van der Waals surface area contributed by atoms with Crippen LogP contribution in [0.2, 0.25) is 0 Å². The molecule has 0 saturated carbocycles. The minimum atomic E-state index is -0.660. The first-order valence-electron chi connectivity index (χ1n) is 12.3. The maximum atomic E-state index is 13.5. The maximum Gasteiger partial charge on any atom is 0.416 e. The topological polar surface area (TPSA) is 107 Å². The van der Waals surface area contributed by atoms with Gasteiger partial charge in [-0.2, -0.15) is 0 Å². The van der Waals surface area contributed by atoms with E-state index in [9.17, 15) is 4.79 Å². The molecule has 1 amide bonds. The van der Waals surface area contributed by atoms with Crippen molar-refractivity contribution < 1.29 is 14.3 Å². The van der Waals surface area contributed by atoms with Gasteiger partial charge in [-0.05, 0) is 44.9 Å². The summed E-state index contributed by atoms with van der Waals surface area (Å²) >= 11 is 3.19. The van der Waals surface area contributed by atoms with E-state index in [0.717, 1.165) is 45.8 Å². The number of ether oxygens (including phenoxy) is 2. The molecule has 0 spiro atoms. The molecule has 0 bridgehead atoms. The van der Waals surface area contributed by atoms with Gasteiger partial charge in [0.25, 0.3) is 0 Å². The Morgan fingerprint density at radius 3 is 2.65 bits per heavy atom. The third-order valence-electron chi connectivity index (χ3n) is 5.59. The predicted molar refractivity (Wildman–Crippen MR) is 149 cm³/mol. The Hall–Kier alpha value is -2.89. The smallest absolute Gasteiger partial charge is 0.416 e. The number of aromatic nitrogens is 3. The maximum absolute atomic E-state index is 13.5. The monoisotopic (exact) mass is 542 g/mol. The average Bonchev–Trinajstić information content (AvgIpc) is 3.34. The number of para-hydroxylation sites is 1. The van der Waals surface area contributed by atoms with Gasteiger partial charge in [0.1, 0.15) is 16.4 Å². The van der Waals surface area contributed by atoms with Crippen molar-refractivity contribution in [1.82, 2.24) is 15.2 Å². The highest BCUT2D eigenvalue weighted by molar-refractivity contribution is 8.00. The zero-order valence-corrected chi connectivity index (χ0v) is 23.4. The molecule has 4 rings (SSSR count). The summed E-state index contributed by atoms with van der Waals surface area (Å²) < 4.78 is 12.2. The number of amides is 1. The van der Waals surface area contributed by atoms with Crippen molar-refractivity contribution in [3.8, 4) is 0 Å². The van der Waals surface area contributed by atoms with Gasteiger partial charge in [-0.25, -0.2) is 9.78 Å². The van der Waals surface area contributed by atoms with Crippen molar-refractivity contribution in [3.63, 3.8) is 0 Å². The highest BCUT2D eigenvalue weighted by atomic mass is 32.2. The summed E-state index contributed by atoms with van der Waals surface area (Å²) in [6, 6.07) is 11.5. The Balaban J connectivity index is 1.70. The molecule has 37 heavy (non-hydrogen) atoms. The number of carbonyl (C=O) groups excluding carboxylic acids is 1. The van der Waals surface area contributed by atoms with Crippen LogP contribution in [-0.4, -0.2) is 53.2 Å². The molecule has 1 aromatic carbocycles. The van der Waals surface area contributed by atoms with Gasteiger partial charge in [0, 0.05) is 36.3 Å². The van der Waals surface area contributed by atoms with Crippen LogP contribution in [0.15, 0.2) is 40.7 Å².